The normalized spacial score (nSPS) is 12.1. The van der Waals surface area contributed by atoms with E-state index >= 15 is 0 Å². The summed E-state index contributed by atoms with van der Waals surface area (Å²) in [6, 6.07) is 46.3. The molecule has 0 spiro atoms. The number of pyridine rings is 3. The molecule has 5 amide bonds. The van der Waals surface area contributed by atoms with Crippen molar-refractivity contribution in [3.05, 3.63) is 362 Å². The van der Waals surface area contributed by atoms with Crippen LogP contribution < -0.4 is 31.3 Å². The van der Waals surface area contributed by atoms with Gasteiger partial charge in [-0.15, -0.1) is 4.68 Å². The monoisotopic (exact) mass is 1820 g/mol. The number of fused-ring (bicyclic) bond motifs is 3. The minimum absolute atomic E-state index is 0.0305. The number of Topliss-reactive ketones (excluding diaryl/α,β-unsaturated/α-hetero) is 1. The van der Waals surface area contributed by atoms with Gasteiger partial charge in [-0.1, -0.05) is 65.9 Å². The van der Waals surface area contributed by atoms with Crippen molar-refractivity contribution in [2.75, 3.05) is 21.1 Å². The Morgan fingerprint density at radius 3 is 1.50 bits per heavy atom. The van der Waals surface area contributed by atoms with Gasteiger partial charge in [-0.05, 0) is 218 Å². The number of ether oxygens (including phenoxy) is 1. The predicted octanol–water partition coefficient (Wildman–Crippen LogP) is 18.3. The molecule has 0 aliphatic rings. The molecular formula is C100H86F12N13O8+. The summed E-state index contributed by atoms with van der Waals surface area (Å²) in [5.41, 5.74) is 8.15. The number of rotatable bonds is 28. The summed E-state index contributed by atoms with van der Waals surface area (Å²) in [6.45, 7) is 5.29. The van der Waals surface area contributed by atoms with Gasteiger partial charge in [0.15, 0.2) is 6.54 Å². The van der Waals surface area contributed by atoms with Crippen molar-refractivity contribution in [1.29, 1.82) is 0 Å². The molecule has 33 heteroatoms. The number of nitrogens with one attached hydrogen (secondary N) is 8. The average molecular weight is 1830 g/mol. The molecule has 0 aliphatic carbocycles. The Hall–Kier alpha value is -15.4. The van der Waals surface area contributed by atoms with Crippen molar-refractivity contribution in [3.63, 3.8) is 0 Å². The van der Waals surface area contributed by atoms with Gasteiger partial charge in [-0.2, -0.15) is 13.2 Å². The summed E-state index contributed by atoms with van der Waals surface area (Å²) < 4.78 is 174. The summed E-state index contributed by atoms with van der Waals surface area (Å²) in [4.78, 5) is 109. The number of esters is 1. The maximum Gasteiger partial charge on any atom is 0.416 e. The molecule has 0 radical (unpaired) electrons. The molecule has 6 aromatic heterocycles. The summed E-state index contributed by atoms with van der Waals surface area (Å²) in [5, 5.41) is 21.2. The number of hydrogen-bond acceptors (Lipinski definition) is 12. The number of ketones is 1. The molecule has 0 saturated carbocycles. The zero-order valence-corrected chi connectivity index (χ0v) is 72.2. The van der Waals surface area contributed by atoms with Gasteiger partial charge in [0.05, 0.1) is 52.2 Å². The lowest BCUT2D eigenvalue weighted by Gasteiger charge is -2.22. The molecule has 0 bridgehead atoms. The Morgan fingerprint density at radius 2 is 0.962 bits per heavy atom. The van der Waals surface area contributed by atoms with Crippen LogP contribution >= 0.6 is 0 Å². The molecule has 15 aromatic rings. The van der Waals surface area contributed by atoms with Crippen LogP contribution in [-0.2, 0) is 75.2 Å². The molecular weight excluding hydrogens is 1740 g/mol. The lowest BCUT2D eigenvalue weighted by molar-refractivity contribution is -0.719. The summed E-state index contributed by atoms with van der Waals surface area (Å²) >= 11 is 0. The number of alkyl halides is 3. The molecule has 682 valence electrons. The fraction of sp³-hybridized carbons (Fsp3) is 0.200. The number of aromatic nitrogens is 8. The van der Waals surface area contributed by atoms with Crippen molar-refractivity contribution in [2.24, 2.45) is 0 Å². The van der Waals surface area contributed by atoms with Crippen molar-refractivity contribution in [1.82, 2.24) is 61.8 Å². The Bertz CT molecular complexity index is 6830. The van der Waals surface area contributed by atoms with Crippen molar-refractivity contribution in [2.45, 2.75) is 108 Å². The van der Waals surface area contributed by atoms with Crippen LogP contribution in [0, 0.1) is 52.4 Å². The number of aryl methyl sites for hydroxylation is 1. The topological polar surface area (TPSA) is 292 Å². The van der Waals surface area contributed by atoms with Gasteiger partial charge < -0.3 is 41.3 Å². The Balaban J connectivity index is 0.000000170. The van der Waals surface area contributed by atoms with E-state index in [1.807, 2.05) is 45.0 Å². The van der Waals surface area contributed by atoms with E-state index in [0.717, 1.165) is 66.2 Å². The smallest absolute Gasteiger partial charge is 0.416 e. The van der Waals surface area contributed by atoms with Gasteiger partial charge in [0.1, 0.15) is 63.7 Å². The molecule has 21 nitrogen and oxygen atoms in total. The second-order valence-electron chi connectivity index (χ2n) is 32.3. The quantitative estimate of drug-likeness (QED) is 0.0129. The molecule has 8 N–H and O–H groups in total. The molecule has 133 heavy (non-hydrogen) atoms. The fourth-order valence-electron chi connectivity index (χ4n) is 15.6. The number of nitrogens with zero attached hydrogens (tertiary/aromatic N) is 5. The Kier molecular flexibility index (Phi) is 30.0. The van der Waals surface area contributed by atoms with Gasteiger partial charge >= 0.3 is 12.1 Å². The lowest BCUT2D eigenvalue weighted by atomic mass is 9.85. The van der Waals surface area contributed by atoms with Gasteiger partial charge in [0.25, 0.3) is 23.6 Å². The first kappa shape index (κ1) is 95.2. The summed E-state index contributed by atoms with van der Waals surface area (Å²) in [5.74, 6) is -10.3. The third kappa shape index (κ3) is 24.6. The van der Waals surface area contributed by atoms with E-state index in [4.69, 9.17) is 4.74 Å². The number of carbonyl (C=O) groups excluding carboxylic acids is 7. The van der Waals surface area contributed by atoms with Gasteiger partial charge in [-0.25, -0.2) is 39.5 Å². The number of amides is 5. The van der Waals surface area contributed by atoms with Gasteiger partial charge in [0.2, 0.25) is 16.9 Å². The number of carbonyl (C=O) groups is 7. The number of halogens is 12. The van der Waals surface area contributed by atoms with Crippen LogP contribution in [0.15, 0.2) is 237 Å². The van der Waals surface area contributed by atoms with E-state index in [-0.39, 0.29) is 108 Å². The first-order chi connectivity index (χ1) is 63.5. The van der Waals surface area contributed by atoms with Crippen LogP contribution in [0.5, 0.6) is 0 Å². The summed E-state index contributed by atoms with van der Waals surface area (Å²) in [7, 11) is 4.43. The standard InChI is InChI=1S/C36H36F2N6O4.C33H26F5N3O2.C31H23F5N4O2/c1-36(2,3)48-33(46)13-11-22-10-12-29-31(18-22)44(43-42-29)21-32(45)41-30(17-23-15-26(37)20-27(38)16-23)34-28(9-6-14-40-34)24-7-5-8-25(19-24)35(47)39-4;1-39-32(43)21-5-2-4-20(13-21)29-6-3-9-40-31(29)22(10-19-11-25(34)17-26(35)12-19)14-27(42)15-23-18-41-30-16-24(33(36,37)38)7-8-28(23)30;1-37-31(42)24-10-17(4-5-25(24)35)22-3-2-6-38-30(22)27(9-16-7-19(32)12-20(33)8-16)40-28(41)11-18-15-39-29-23(18)13-21(34)14-26(29)36/h5-10,12,14-16,18-20,30H,11,13,17,21H2,1-4H3,(H2,39,41,45,47);2-9,11-13,16-18,22,41H,10,14-15H2,1H3,(H,39,43);2-8,10,12-15,27,39H,9,11H2,1H3,(H,37,42)(H,40,41)/p+1/t30-;22-;27-/m010/s1. The molecule has 0 saturated heterocycles. The van der Waals surface area contributed by atoms with Crippen LogP contribution in [0.4, 0.5) is 52.7 Å². The highest BCUT2D eigenvalue weighted by molar-refractivity contribution is 5.98. The second-order valence-corrected chi connectivity index (χ2v) is 32.3. The maximum atomic E-state index is 14.4. The first-order valence-corrected chi connectivity index (χ1v) is 41.7. The molecule has 6 heterocycles. The summed E-state index contributed by atoms with van der Waals surface area (Å²) in [6.07, 6.45) is 3.24. The minimum Gasteiger partial charge on any atom is -0.460 e. The number of aromatic amines is 3. The first-order valence-electron chi connectivity index (χ1n) is 41.7. The van der Waals surface area contributed by atoms with E-state index in [1.165, 1.54) is 75.2 Å². The van der Waals surface area contributed by atoms with Crippen LogP contribution in [0.1, 0.15) is 139 Å². The Morgan fingerprint density at radius 1 is 0.459 bits per heavy atom. The van der Waals surface area contributed by atoms with Gasteiger partial charge in [0, 0.05) is 151 Å². The highest BCUT2D eigenvalue weighted by atomic mass is 19.4. The van der Waals surface area contributed by atoms with Crippen molar-refractivity contribution >= 4 is 74.1 Å². The minimum atomic E-state index is -4.50. The van der Waals surface area contributed by atoms with Gasteiger partial charge in [-0.3, -0.25) is 48.5 Å². The fourth-order valence-corrected chi connectivity index (χ4v) is 15.6. The van der Waals surface area contributed by atoms with Crippen molar-refractivity contribution < 1.29 is 95.7 Å². The number of hydrogen-bond donors (Lipinski definition) is 8. The SMILES string of the molecule is CNC(=O)c1cc(-c2cccnc2[C@H](Cc2cc(F)cc(F)c2)NC(=O)Cc2c[nH]c3c(F)cc(F)cc23)ccc1F.CNC(=O)c1cccc(-c2cccnc2[C@@H](CC(=O)Cc2c[nH]c3cc(C(F)(F)F)ccc23)Cc2cc(F)cc(F)c2)c1.CNC(=O)c1cccc(-c2cccnc2[C@H](Cc2cc(F)cc(F)c2)NC(=O)C[n+]2[nH]nc3ccc(CCC(=O)OC(C)(C)C)cc32)c1. The number of benzene rings is 9. The van der Waals surface area contributed by atoms with Crippen molar-refractivity contribution in [3.8, 4) is 33.4 Å². The molecule has 15 rings (SSSR count). The molecule has 3 atom stereocenters. The van der Waals surface area contributed by atoms with E-state index < -0.39 is 105 Å². The molecule has 9 aromatic carbocycles. The van der Waals surface area contributed by atoms with E-state index in [9.17, 15) is 86.2 Å². The third-order valence-corrected chi connectivity index (χ3v) is 21.5. The van der Waals surface area contributed by atoms with Crippen LogP contribution in [0.25, 0.3) is 66.2 Å². The predicted molar refractivity (Wildman–Crippen MR) is 473 cm³/mol. The highest BCUT2D eigenvalue weighted by Crippen LogP contribution is 2.38. The maximum absolute atomic E-state index is 14.4. The van der Waals surface area contributed by atoms with E-state index in [0.29, 0.717) is 101 Å². The third-order valence-electron chi connectivity index (χ3n) is 21.5. The largest absolute Gasteiger partial charge is 0.460 e. The highest BCUT2D eigenvalue weighted by Gasteiger charge is 2.33. The van der Waals surface area contributed by atoms with E-state index in [2.05, 4.69) is 61.8 Å². The van der Waals surface area contributed by atoms with Crippen LogP contribution in [-0.4, -0.2) is 103 Å². The van der Waals surface area contributed by atoms with Crippen LogP contribution in [0.3, 0.4) is 0 Å². The molecule has 0 unspecified atom stereocenters. The van der Waals surface area contributed by atoms with Crippen LogP contribution in [0.2, 0.25) is 0 Å². The Labute approximate surface area is 753 Å². The number of H-pyrrole nitrogens is 3. The zero-order chi connectivity index (χ0) is 95.1. The second kappa shape index (κ2) is 42.0. The van der Waals surface area contributed by atoms with E-state index in [1.54, 1.807) is 103 Å². The zero-order valence-electron chi connectivity index (χ0n) is 72.2. The molecule has 0 fully saturated rings. The lowest BCUT2D eigenvalue weighted by Crippen LogP contribution is -2.46. The molecule has 0 aliphatic heterocycles. The average Bonchev–Trinajstić information content (AvgIpc) is 1.65.